The van der Waals surface area contributed by atoms with E-state index in [1.165, 1.54) is 101 Å². The van der Waals surface area contributed by atoms with Gasteiger partial charge in [0.05, 0.1) is 11.5 Å². The van der Waals surface area contributed by atoms with Crippen LogP contribution < -0.4 is 5.32 Å². The molecular weight excluding hydrogens is 406 g/mol. The van der Waals surface area contributed by atoms with Crippen LogP contribution in [-0.4, -0.2) is 24.5 Å². The summed E-state index contributed by atoms with van der Waals surface area (Å²) in [5, 5.41) is 4.53. The average molecular weight is 452 g/mol. The molecule has 1 heterocycles. The largest absolute Gasteiger partial charge is 0.464 e. The van der Waals surface area contributed by atoms with E-state index in [2.05, 4.69) is 12.2 Å². The monoisotopic (exact) mass is 451 g/mol. The summed E-state index contributed by atoms with van der Waals surface area (Å²) in [6.07, 6.45) is 21.2. The van der Waals surface area contributed by atoms with Crippen LogP contribution in [0.1, 0.15) is 126 Å². The molecule has 0 aliphatic rings. The van der Waals surface area contributed by atoms with Crippen LogP contribution in [0.4, 0.5) is 0 Å². The summed E-state index contributed by atoms with van der Waals surface area (Å²) in [6, 6.07) is 2.95. The highest BCUT2D eigenvalue weighted by molar-refractivity contribution is 7.12. The summed E-state index contributed by atoms with van der Waals surface area (Å²) in [6.45, 7) is 4.38. The van der Waals surface area contributed by atoms with Gasteiger partial charge in [0, 0.05) is 0 Å². The molecule has 0 saturated heterocycles. The lowest BCUT2D eigenvalue weighted by Gasteiger charge is -2.12. The van der Waals surface area contributed by atoms with Crippen LogP contribution in [0.2, 0.25) is 0 Å². The molecule has 0 bridgehead atoms. The molecule has 1 rings (SSSR count). The maximum atomic E-state index is 12.0. The second kappa shape index (κ2) is 19.3. The van der Waals surface area contributed by atoms with Gasteiger partial charge in [-0.1, -0.05) is 109 Å². The third-order valence-corrected chi connectivity index (χ3v) is 6.56. The fourth-order valence-electron chi connectivity index (χ4n) is 3.68. The Morgan fingerprint density at radius 3 is 1.77 bits per heavy atom. The van der Waals surface area contributed by atoms with Gasteiger partial charge in [0.1, 0.15) is 6.04 Å². The number of amides is 1. The molecular formula is C26H45NO3S. The number of esters is 1. The van der Waals surface area contributed by atoms with E-state index in [9.17, 15) is 9.59 Å². The van der Waals surface area contributed by atoms with Gasteiger partial charge in [-0.25, -0.2) is 4.79 Å². The Labute approximate surface area is 194 Å². The smallest absolute Gasteiger partial charge is 0.328 e. The van der Waals surface area contributed by atoms with Gasteiger partial charge in [0.2, 0.25) is 0 Å². The molecule has 0 aromatic carbocycles. The molecule has 31 heavy (non-hydrogen) atoms. The molecule has 0 fully saturated rings. The molecule has 4 nitrogen and oxygen atoms in total. The second-order valence-electron chi connectivity index (χ2n) is 8.64. The highest BCUT2D eigenvalue weighted by Gasteiger charge is 2.18. The van der Waals surface area contributed by atoms with Crippen LogP contribution in [0.3, 0.4) is 0 Å². The molecule has 5 heteroatoms. The molecule has 1 N–H and O–H groups in total. The average Bonchev–Trinajstić information content (AvgIpc) is 3.31. The number of rotatable bonds is 20. The Balaban J connectivity index is 1.83. The van der Waals surface area contributed by atoms with Crippen molar-refractivity contribution in [3.05, 3.63) is 22.4 Å². The van der Waals surface area contributed by atoms with Gasteiger partial charge < -0.3 is 10.1 Å². The molecule has 0 aliphatic carbocycles. The van der Waals surface area contributed by atoms with Crippen LogP contribution in [0.25, 0.3) is 0 Å². The zero-order valence-corrected chi connectivity index (χ0v) is 20.8. The van der Waals surface area contributed by atoms with Crippen molar-refractivity contribution in [2.24, 2.45) is 0 Å². The van der Waals surface area contributed by atoms with E-state index in [1.54, 1.807) is 13.0 Å². The van der Waals surface area contributed by atoms with Crippen molar-refractivity contribution in [1.82, 2.24) is 5.32 Å². The molecule has 0 spiro atoms. The van der Waals surface area contributed by atoms with E-state index < -0.39 is 6.04 Å². The number of hydrogen-bond acceptors (Lipinski definition) is 4. The maximum Gasteiger partial charge on any atom is 0.328 e. The molecule has 0 aliphatic heterocycles. The third kappa shape index (κ3) is 15.1. The Morgan fingerprint density at radius 2 is 1.32 bits per heavy atom. The quantitative estimate of drug-likeness (QED) is 0.163. The first kappa shape index (κ1) is 27.7. The van der Waals surface area contributed by atoms with Crippen molar-refractivity contribution in [1.29, 1.82) is 0 Å². The van der Waals surface area contributed by atoms with E-state index in [-0.39, 0.29) is 11.9 Å². The lowest BCUT2D eigenvalue weighted by atomic mass is 10.0. The van der Waals surface area contributed by atoms with E-state index in [0.717, 1.165) is 12.8 Å². The van der Waals surface area contributed by atoms with Gasteiger partial charge in [-0.05, 0) is 24.8 Å². The van der Waals surface area contributed by atoms with Gasteiger partial charge in [0.15, 0.2) is 0 Å². The van der Waals surface area contributed by atoms with Crippen molar-refractivity contribution in [3.8, 4) is 0 Å². The Morgan fingerprint density at radius 1 is 0.839 bits per heavy atom. The van der Waals surface area contributed by atoms with Gasteiger partial charge in [-0.2, -0.15) is 0 Å². The van der Waals surface area contributed by atoms with Gasteiger partial charge in [-0.15, -0.1) is 11.3 Å². The van der Waals surface area contributed by atoms with Crippen LogP contribution in [0, 0.1) is 0 Å². The summed E-state index contributed by atoms with van der Waals surface area (Å²) in [7, 11) is 0. The molecule has 1 aromatic rings. The van der Waals surface area contributed by atoms with Crippen molar-refractivity contribution in [2.75, 3.05) is 6.61 Å². The van der Waals surface area contributed by atoms with Crippen molar-refractivity contribution >= 4 is 23.2 Å². The molecule has 0 radical (unpaired) electrons. The number of unbranched alkanes of at least 4 members (excludes halogenated alkanes) is 15. The van der Waals surface area contributed by atoms with Crippen LogP contribution >= 0.6 is 11.3 Å². The van der Waals surface area contributed by atoms with Crippen LogP contribution in [0.15, 0.2) is 17.5 Å². The summed E-state index contributed by atoms with van der Waals surface area (Å²) >= 11 is 1.36. The SMILES string of the molecule is CCCCCCCCCCCCCCCCCCOC(=O)C(C)NC(=O)c1cccs1. The topological polar surface area (TPSA) is 55.4 Å². The number of carbonyl (C=O) groups excluding carboxylic acids is 2. The maximum absolute atomic E-state index is 12.0. The molecule has 178 valence electrons. The van der Waals surface area contributed by atoms with E-state index in [1.807, 2.05) is 11.4 Å². The Kier molecular flexibility index (Phi) is 17.3. The molecule has 1 atom stereocenters. The standard InChI is InChI=1S/C26H45NO3S/c1-3-4-5-6-7-8-9-10-11-12-13-14-15-16-17-18-21-30-26(29)23(2)27-25(28)24-20-19-22-31-24/h19-20,22-23H,3-18,21H2,1-2H3,(H,27,28). The van der Waals surface area contributed by atoms with Crippen LogP contribution in [0.5, 0.6) is 0 Å². The van der Waals surface area contributed by atoms with Crippen LogP contribution in [-0.2, 0) is 9.53 Å². The summed E-state index contributed by atoms with van der Waals surface area (Å²) in [4.78, 5) is 24.5. The van der Waals surface area contributed by atoms with Crippen molar-refractivity contribution in [2.45, 2.75) is 123 Å². The fraction of sp³-hybridized carbons (Fsp3) is 0.769. The molecule has 1 aromatic heterocycles. The minimum Gasteiger partial charge on any atom is -0.464 e. The number of hydrogen-bond donors (Lipinski definition) is 1. The van der Waals surface area contributed by atoms with Crippen molar-refractivity contribution in [3.63, 3.8) is 0 Å². The minimum absolute atomic E-state index is 0.221. The Bertz CT molecular complexity index is 559. The highest BCUT2D eigenvalue weighted by atomic mass is 32.1. The van der Waals surface area contributed by atoms with Gasteiger partial charge in [-0.3, -0.25) is 4.79 Å². The lowest BCUT2D eigenvalue weighted by Crippen LogP contribution is -2.39. The first-order chi connectivity index (χ1) is 15.1. The van der Waals surface area contributed by atoms with Gasteiger partial charge in [0.25, 0.3) is 5.91 Å². The van der Waals surface area contributed by atoms with Gasteiger partial charge >= 0.3 is 5.97 Å². The van der Waals surface area contributed by atoms with E-state index in [0.29, 0.717) is 11.5 Å². The fourth-order valence-corrected chi connectivity index (χ4v) is 4.31. The van der Waals surface area contributed by atoms with Crippen molar-refractivity contribution < 1.29 is 14.3 Å². The summed E-state index contributed by atoms with van der Waals surface area (Å²) in [5.74, 6) is -0.576. The summed E-state index contributed by atoms with van der Waals surface area (Å²) in [5.41, 5.74) is 0. The zero-order valence-electron chi connectivity index (χ0n) is 20.0. The summed E-state index contributed by atoms with van der Waals surface area (Å²) < 4.78 is 5.29. The zero-order chi connectivity index (χ0) is 22.6. The van der Waals surface area contributed by atoms with E-state index >= 15 is 0 Å². The first-order valence-corrected chi connectivity index (χ1v) is 13.5. The predicted octanol–water partition coefficient (Wildman–Crippen LogP) is 7.67. The second-order valence-corrected chi connectivity index (χ2v) is 9.59. The molecule has 1 amide bonds. The number of ether oxygens (including phenoxy) is 1. The molecule has 1 unspecified atom stereocenters. The third-order valence-electron chi connectivity index (χ3n) is 5.69. The highest BCUT2D eigenvalue weighted by Crippen LogP contribution is 2.14. The lowest BCUT2D eigenvalue weighted by molar-refractivity contribution is -0.145. The molecule has 0 saturated carbocycles. The number of thiophene rings is 1. The number of nitrogens with one attached hydrogen (secondary N) is 1. The first-order valence-electron chi connectivity index (χ1n) is 12.7. The van der Waals surface area contributed by atoms with E-state index in [4.69, 9.17) is 4.74 Å². The predicted molar refractivity (Wildman–Crippen MR) is 132 cm³/mol. The normalized spacial score (nSPS) is 11.9. The minimum atomic E-state index is -0.615. The Hall–Kier alpha value is -1.36. The number of carbonyl (C=O) groups is 2.